The van der Waals surface area contributed by atoms with Gasteiger partial charge >= 0.3 is 0 Å². The number of fused-ring (bicyclic) bond motifs is 1. The van der Waals surface area contributed by atoms with Crippen LogP contribution in [0.15, 0.2) is 66.7 Å². The van der Waals surface area contributed by atoms with Gasteiger partial charge in [-0.2, -0.15) is 4.72 Å². The Labute approximate surface area is 162 Å². The predicted octanol–water partition coefficient (Wildman–Crippen LogP) is 3.66. The first-order chi connectivity index (χ1) is 13.1. The summed E-state index contributed by atoms with van der Waals surface area (Å²) in [5.41, 5.74) is 3.14. The van der Waals surface area contributed by atoms with Crippen molar-refractivity contribution in [3.05, 3.63) is 72.3 Å². The second-order valence-corrected chi connectivity index (χ2v) is 7.31. The highest BCUT2D eigenvalue weighted by Crippen LogP contribution is 2.24. The van der Waals surface area contributed by atoms with E-state index in [0.29, 0.717) is 13.1 Å². The van der Waals surface area contributed by atoms with Gasteiger partial charge in [0.1, 0.15) is 6.26 Å². The lowest BCUT2D eigenvalue weighted by molar-refractivity contribution is -0.119. The molecule has 6 heteroatoms. The van der Waals surface area contributed by atoms with Crippen molar-refractivity contribution in [2.24, 2.45) is 0 Å². The fourth-order valence-electron chi connectivity index (χ4n) is 2.95. The van der Waals surface area contributed by atoms with Gasteiger partial charge in [-0.05, 0) is 28.5 Å². The maximum absolute atomic E-state index is 11.6. The molecule has 0 heterocycles. The molecule has 0 saturated carbocycles. The smallest absolute Gasteiger partial charge is 0.262 e. The Morgan fingerprint density at radius 2 is 1.59 bits per heavy atom. The van der Waals surface area contributed by atoms with Crippen LogP contribution >= 0.6 is 0 Å². The van der Waals surface area contributed by atoms with E-state index in [1.165, 1.54) is 22.6 Å². The van der Waals surface area contributed by atoms with E-state index in [1.54, 1.807) is 0 Å². The maximum atomic E-state index is 11.6. The third-order valence-corrected chi connectivity index (χ3v) is 4.72. The van der Waals surface area contributed by atoms with E-state index in [9.17, 15) is 9.35 Å². The average molecular weight is 382 g/mol. The first kappa shape index (κ1) is 19.1. The van der Waals surface area contributed by atoms with Gasteiger partial charge in [-0.1, -0.05) is 54.6 Å². The van der Waals surface area contributed by atoms with Crippen LogP contribution in [0.5, 0.6) is 0 Å². The minimum absolute atomic E-state index is 0.232. The molecule has 1 amide bonds. The van der Waals surface area contributed by atoms with Crippen molar-refractivity contribution < 1.29 is 9.35 Å². The molecule has 0 saturated heterocycles. The van der Waals surface area contributed by atoms with Crippen molar-refractivity contribution in [3.63, 3.8) is 0 Å². The van der Waals surface area contributed by atoms with Crippen molar-refractivity contribution >= 4 is 39.4 Å². The second kappa shape index (κ2) is 9.30. The summed E-state index contributed by atoms with van der Waals surface area (Å²) in [5.74, 6) is -0.232. The first-order valence-corrected chi connectivity index (χ1v) is 10.4. The monoisotopic (exact) mass is 381 g/mol. The molecule has 0 aliphatic rings. The lowest BCUT2D eigenvalue weighted by atomic mass is 10.0. The molecule has 0 bridgehead atoms. The van der Waals surface area contributed by atoms with Crippen LogP contribution < -0.4 is 15.4 Å². The Balaban J connectivity index is 1.63. The number of carbonyl (C=O) groups excluding carboxylic acids is 1. The molecule has 0 radical (unpaired) electrons. The van der Waals surface area contributed by atoms with Crippen molar-refractivity contribution in [2.45, 2.75) is 13.0 Å². The Morgan fingerprint density at radius 1 is 0.926 bits per heavy atom. The summed E-state index contributed by atoms with van der Waals surface area (Å²) >= 11 is -1.32. The molecule has 0 aliphatic carbocycles. The van der Waals surface area contributed by atoms with Gasteiger partial charge in [0.2, 0.25) is 0 Å². The zero-order chi connectivity index (χ0) is 19.1. The Kier molecular flexibility index (Phi) is 6.57. The second-order valence-electron chi connectivity index (χ2n) is 6.19. The van der Waals surface area contributed by atoms with E-state index in [2.05, 4.69) is 51.8 Å². The first-order valence-electron chi connectivity index (χ1n) is 8.80. The van der Waals surface area contributed by atoms with Gasteiger partial charge in [0.25, 0.3) is 5.91 Å². The van der Waals surface area contributed by atoms with E-state index in [-0.39, 0.29) is 12.3 Å². The normalized spacial score (nSPS) is 11.8. The highest BCUT2D eigenvalue weighted by atomic mass is 32.2. The largest absolute Gasteiger partial charge is 0.593 e. The third kappa shape index (κ3) is 5.39. The van der Waals surface area contributed by atoms with Gasteiger partial charge in [0.05, 0.1) is 22.7 Å². The summed E-state index contributed by atoms with van der Waals surface area (Å²) < 4.78 is 13.4. The van der Waals surface area contributed by atoms with Crippen LogP contribution in [0, 0.1) is 0 Å². The molecular formula is C21H23N3O2S. The fraction of sp³-hybridized carbons (Fsp3) is 0.190. The van der Waals surface area contributed by atoms with E-state index in [0.717, 1.165) is 11.4 Å². The summed E-state index contributed by atoms with van der Waals surface area (Å²) in [5, 5.41) is 9.21. The van der Waals surface area contributed by atoms with Crippen LogP contribution in [0.4, 0.5) is 11.4 Å². The molecule has 27 heavy (non-hydrogen) atoms. The van der Waals surface area contributed by atoms with E-state index in [1.807, 2.05) is 30.3 Å². The van der Waals surface area contributed by atoms with Gasteiger partial charge in [-0.3, -0.25) is 4.79 Å². The van der Waals surface area contributed by atoms with Gasteiger partial charge in [0, 0.05) is 19.5 Å². The number of rotatable bonds is 8. The lowest BCUT2D eigenvalue weighted by Crippen LogP contribution is -2.30. The molecular weight excluding hydrogens is 358 g/mol. The highest BCUT2D eigenvalue weighted by Gasteiger charge is 2.08. The number of amides is 1. The molecule has 3 rings (SSSR count). The number of nitrogens with one attached hydrogen (secondary N) is 3. The highest BCUT2D eigenvalue weighted by molar-refractivity contribution is 7.89. The number of hydrogen-bond donors (Lipinski definition) is 3. The molecule has 140 valence electrons. The molecule has 0 fully saturated rings. The van der Waals surface area contributed by atoms with Crippen LogP contribution in [-0.4, -0.2) is 23.3 Å². The fourth-order valence-corrected chi connectivity index (χ4v) is 3.37. The van der Waals surface area contributed by atoms with Gasteiger partial charge in [-0.15, -0.1) is 0 Å². The van der Waals surface area contributed by atoms with Gasteiger partial charge < -0.3 is 15.2 Å². The molecule has 0 aromatic heterocycles. The molecule has 3 N–H and O–H groups in total. The average Bonchev–Trinajstić information content (AvgIpc) is 2.66. The maximum Gasteiger partial charge on any atom is 0.262 e. The topological polar surface area (TPSA) is 76.2 Å². The Morgan fingerprint density at radius 3 is 2.37 bits per heavy atom. The van der Waals surface area contributed by atoms with Crippen molar-refractivity contribution in [2.75, 3.05) is 23.4 Å². The van der Waals surface area contributed by atoms with Crippen LogP contribution in [0.25, 0.3) is 10.8 Å². The minimum atomic E-state index is -1.32. The SMILES string of the molecule is C[S+]([O-])NC(=O)CCNc1ccccc1NCc1cccc2ccccc12. The van der Waals surface area contributed by atoms with Crippen molar-refractivity contribution in [3.8, 4) is 0 Å². The summed E-state index contributed by atoms with van der Waals surface area (Å²) in [6.45, 7) is 1.17. The van der Waals surface area contributed by atoms with Gasteiger partial charge in [0.15, 0.2) is 0 Å². The van der Waals surface area contributed by atoms with Crippen LogP contribution in [-0.2, 0) is 22.7 Å². The minimum Gasteiger partial charge on any atom is -0.593 e. The molecule has 1 atom stereocenters. The molecule has 0 spiro atoms. The summed E-state index contributed by atoms with van der Waals surface area (Å²) in [7, 11) is 0. The Bertz CT molecular complexity index is 909. The van der Waals surface area contributed by atoms with E-state index < -0.39 is 11.4 Å². The van der Waals surface area contributed by atoms with Crippen LogP contribution in [0.1, 0.15) is 12.0 Å². The molecule has 3 aromatic rings. The zero-order valence-corrected chi connectivity index (χ0v) is 16.0. The van der Waals surface area contributed by atoms with Crippen LogP contribution in [0.3, 0.4) is 0 Å². The summed E-state index contributed by atoms with van der Waals surface area (Å²) in [6.07, 6.45) is 1.70. The molecule has 1 unspecified atom stereocenters. The van der Waals surface area contributed by atoms with E-state index in [4.69, 9.17) is 0 Å². The molecule has 3 aromatic carbocycles. The quantitative estimate of drug-likeness (QED) is 0.521. The standard InChI is InChI=1S/C21H23N3O2S/c1-27(26)24-21(25)13-14-22-19-11-4-5-12-20(19)23-15-17-9-6-8-16-7-2-3-10-18(16)17/h2-12,22-23H,13-15H2,1H3,(H,24,25). The Hall–Kier alpha value is -2.70. The van der Waals surface area contributed by atoms with Gasteiger partial charge in [-0.25, -0.2) is 0 Å². The predicted molar refractivity (Wildman–Crippen MR) is 113 cm³/mol. The molecule has 0 aliphatic heterocycles. The lowest BCUT2D eigenvalue weighted by Gasteiger charge is -2.15. The van der Waals surface area contributed by atoms with E-state index >= 15 is 0 Å². The number of anilines is 2. The summed E-state index contributed by atoms with van der Waals surface area (Å²) in [4.78, 5) is 11.6. The number of benzene rings is 3. The summed E-state index contributed by atoms with van der Waals surface area (Å²) in [6, 6.07) is 22.6. The number of carbonyl (C=O) groups is 1. The third-order valence-electron chi connectivity index (χ3n) is 4.20. The van der Waals surface area contributed by atoms with Crippen molar-refractivity contribution in [1.82, 2.24) is 4.72 Å². The van der Waals surface area contributed by atoms with Crippen molar-refractivity contribution in [1.29, 1.82) is 0 Å². The number of para-hydroxylation sites is 2. The van der Waals surface area contributed by atoms with Crippen LogP contribution in [0.2, 0.25) is 0 Å². The zero-order valence-electron chi connectivity index (χ0n) is 15.2. The number of hydrogen-bond acceptors (Lipinski definition) is 4. The molecule has 5 nitrogen and oxygen atoms in total.